The predicted molar refractivity (Wildman–Crippen MR) is 72.0 cm³/mol. The van der Waals surface area contributed by atoms with Crippen LogP contribution >= 0.6 is 0 Å². The molecule has 110 valence electrons. The lowest BCUT2D eigenvalue weighted by Crippen LogP contribution is -2.40. The highest BCUT2D eigenvalue weighted by atomic mass is 32.2. The highest BCUT2D eigenvalue weighted by Crippen LogP contribution is 2.31. The largest absolute Gasteiger partial charge is 0.466 e. The van der Waals surface area contributed by atoms with E-state index in [1.54, 1.807) is 6.92 Å². The number of ether oxygens (including phenoxy) is 1. The molecule has 0 aromatic heterocycles. The Labute approximate surface area is 115 Å². The van der Waals surface area contributed by atoms with Crippen LogP contribution in [0.1, 0.15) is 45.4 Å². The van der Waals surface area contributed by atoms with Crippen molar-refractivity contribution < 1.29 is 17.9 Å². The van der Waals surface area contributed by atoms with Gasteiger partial charge in [0.15, 0.2) is 0 Å². The fourth-order valence-corrected chi connectivity index (χ4v) is 4.40. The molecule has 0 aromatic carbocycles. The number of rotatable bonds is 6. The monoisotopic (exact) mass is 289 g/mol. The van der Waals surface area contributed by atoms with Gasteiger partial charge in [0, 0.05) is 6.04 Å². The Balaban J connectivity index is 1.75. The SMILES string of the molecule is CCOC(=O)C1CCC(NS(=O)(=O)CC2CC2)CC1. The summed E-state index contributed by atoms with van der Waals surface area (Å²) in [5.74, 6) is 0.449. The summed E-state index contributed by atoms with van der Waals surface area (Å²) in [6.45, 7) is 2.21. The van der Waals surface area contributed by atoms with E-state index in [-0.39, 0.29) is 23.7 Å². The molecule has 2 aliphatic rings. The van der Waals surface area contributed by atoms with E-state index in [0.29, 0.717) is 12.5 Å². The normalized spacial score (nSPS) is 28.1. The zero-order valence-electron chi connectivity index (χ0n) is 11.4. The lowest BCUT2D eigenvalue weighted by Gasteiger charge is -2.27. The van der Waals surface area contributed by atoms with Crippen molar-refractivity contribution in [2.24, 2.45) is 11.8 Å². The molecule has 0 aromatic rings. The summed E-state index contributed by atoms with van der Waals surface area (Å²) in [7, 11) is -3.13. The molecule has 0 saturated heterocycles. The van der Waals surface area contributed by atoms with Gasteiger partial charge in [0.2, 0.25) is 10.0 Å². The highest BCUT2D eigenvalue weighted by Gasteiger charge is 2.32. The number of hydrogen-bond acceptors (Lipinski definition) is 4. The van der Waals surface area contributed by atoms with Gasteiger partial charge >= 0.3 is 5.97 Å². The molecule has 0 unspecified atom stereocenters. The first-order valence-corrected chi connectivity index (χ1v) is 8.82. The van der Waals surface area contributed by atoms with Crippen molar-refractivity contribution >= 4 is 16.0 Å². The molecule has 19 heavy (non-hydrogen) atoms. The molecule has 1 N–H and O–H groups in total. The second kappa shape index (κ2) is 6.22. The third kappa shape index (κ3) is 4.76. The van der Waals surface area contributed by atoms with Crippen LogP contribution in [-0.2, 0) is 19.6 Å². The minimum Gasteiger partial charge on any atom is -0.466 e. The Hall–Kier alpha value is -0.620. The lowest BCUT2D eigenvalue weighted by atomic mass is 9.86. The van der Waals surface area contributed by atoms with E-state index in [1.807, 2.05) is 0 Å². The molecule has 0 bridgehead atoms. The fraction of sp³-hybridized carbons (Fsp3) is 0.923. The lowest BCUT2D eigenvalue weighted by molar-refractivity contribution is -0.149. The van der Waals surface area contributed by atoms with E-state index in [4.69, 9.17) is 4.74 Å². The van der Waals surface area contributed by atoms with Gasteiger partial charge in [0.05, 0.1) is 18.3 Å². The summed E-state index contributed by atoms with van der Waals surface area (Å²) in [4.78, 5) is 11.6. The summed E-state index contributed by atoms with van der Waals surface area (Å²) in [6, 6.07) is -0.00516. The molecular weight excluding hydrogens is 266 g/mol. The van der Waals surface area contributed by atoms with E-state index >= 15 is 0 Å². The number of hydrogen-bond donors (Lipinski definition) is 1. The highest BCUT2D eigenvalue weighted by molar-refractivity contribution is 7.89. The van der Waals surface area contributed by atoms with E-state index in [1.165, 1.54) is 0 Å². The van der Waals surface area contributed by atoms with Gasteiger partial charge in [0.25, 0.3) is 0 Å². The molecule has 2 aliphatic carbocycles. The van der Waals surface area contributed by atoms with Gasteiger partial charge in [-0.2, -0.15) is 0 Å². The van der Waals surface area contributed by atoms with Crippen LogP contribution in [0.5, 0.6) is 0 Å². The third-order valence-corrected chi connectivity index (χ3v) is 5.45. The van der Waals surface area contributed by atoms with Crippen molar-refractivity contribution in [2.75, 3.05) is 12.4 Å². The number of sulfonamides is 1. The zero-order valence-corrected chi connectivity index (χ0v) is 12.2. The Bertz CT molecular complexity index is 408. The van der Waals surface area contributed by atoms with Crippen LogP contribution in [0.15, 0.2) is 0 Å². The molecule has 5 nitrogen and oxygen atoms in total. The van der Waals surface area contributed by atoms with Crippen LogP contribution in [0, 0.1) is 11.8 Å². The van der Waals surface area contributed by atoms with Crippen molar-refractivity contribution in [3.05, 3.63) is 0 Å². The van der Waals surface area contributed by atoms with E-state index in [0.717, 1.165) is 38.5 Å². The molecule has 0 radical (unpaired) electrons. The second-order valence-corrected chi connectivity index (χ2v) is 7.44. The van der Waals surface area contributed by atoms with E-state index < -0.39 is 10.0 Å². The van der Waals surface area contributed by atoms with Gasteiger partial charge in [-0.25, -0.2) is 13.1 Å². The van der Waals surface area contributed by atoms with Gasteiger partial charge < -0.3 is 4.74 Å². The van der Waals surface area contributed by atoms with Gasteiger partial charge in [0.1, 0.15) is 0 Å². The molecular formula is C13H23NO4S. The minimum absolute atomic E-state index is 0.00516. The van der Waals surface area contributed by atoms with Crippen LogP contribution in [-0.4, -0.2) is 32.8 Å². The molecule has 0 atom stereocenters. The molecule has 2 saturated carbocycles. The predicted octanol–water partition coefficient (Wildman–Crippen LogP) is 1.44. The molecule has 2 fully saturated rings. The van der Waals surface area contributed by atoms with Crippen LogP contribution < -0.4 is 4.72 Å². The average Bonchev–Trinajstić information content (AvgIpc) is 3.12. The fourth-order valence-electron chi connectivity index (χ4n) is 2.60. The maximum absolute atomic E-state index is 11.9. The van der Waals surface area contributed by atoms with Crippen LogP contribution in [0.3, 0.4) is 0 Å². The van der Waals surface area contributed by atoms with Gasteiger partial charge in [-0.05, 0) is 51.4 Å². The maximum atomic E-state index is 11.9. The van der Waals surface area contributed by atoms with Crippen LogP contribution in [0.25, 0.3) is 0 Å². The number of esters is 1. The van der Waals surface area contributed by atoms with Crippen LogP contribution in [0.2, 0.25) is 0 Å². The number of nitrogens with one attached hydrogen (secondary N) is 1. The van der Waals surface area contributed by atoms with Crippen molar-refractivity contribution in [1.29, 1.82) is 0 Å². The minimum atomic E-state index is -3.13. The van der Waals surface area contributed by atoms with Gasteiger partial charge in [-0.15, -0.1) is 0 Å². The summed E-state index contributed by atoms with van der Waals surface area (Å²) in [5, 5.41) is 0. The van der Waals surface area contributed by atoms with Crippen molar-refractivity contribution in [2.45, 2.75) is 51.5 Å². The zero-order chi connectivity index (χ0) is 13.9. The Morgan fingerprint density at radius 3 is 2.32 bits per heavy atom. The average molecular weight is 289 g/mol. The number of carbonyl (C=O) groups excluding carboxylic acids is 1. The summed E-state index contributed by atoms with van der Waals surface area (Å²) in [6.07, 6.45) is 4.97. The first-order chi connectivity index (χ1) is 9.00. The third-order valence-electron chi connectivity index (χ3n) is 3.85. The topological polar surface area (TPSA) is 72.5 Å². The smallest absolute Gasteiger partial charge is 0.308 e. The van der Waals surface area contributed by atoms with Gasteiger partial charge in [-0.3, -0.25) is 4.79 Å². The molecule has 0 amide bonds. The summed E-state index contributed by atoms with van der Waals surface area (Å²) in [5.41, 5.74) is 0. The Kier molecular flexibility index (Phi) is 4.84. The Morgan fingerprint density at radius 2 is 1.79 bits per heavy atom. The molecule has 0 spiro atoms. The molecule has 0 aliphatic heterocycles. The van der Waals surface area contributed by atoms with Crippen molar-refractivity contribution in [1.82, 2.24) is 4.72 Å². The Morgan fingerprint density at radius 1 is 1.16 bits per heavy atom. The molecule has 6 heteroatoms. The first-order valence-electron chi connectivity index (χ1n) is 7.17. The molecule has 0 heterocycles. The van der Waals surface area contributed by atoms with Gasteiger partial charge in [-0.1, -0.05) is 0 Å². The van der Waals surface area contributed by atoms with Crippen LogP contribution in [0.4, 0.5) is 0 Å². The molecule has 2 rings (SSSR count). The quantitative estimate of drug-likeness (QED) is 0.751. The van der Waals surface area contributed by atoms with E-state index in [9.17, 15) is 13.2 Å². The first kappa shape index (κ1) is 14.8. The van der Waals surface area contributed by atoms with Crippen molar-refractivity contribution in [3.8, 4) is 0 Å². The standard InChI is InChI=1S/C13H23NO4S/c1-2-18-13(15)11-5-7-12(8-6-11)14-19(16,17)9-10-3-4-10/h10-12,14H,2-9H2,1H3. The maximum Gasteiger partial charge on any atom is 0.308 e. The second-order valence-electron chi connectivity index (χ2n) is 5.64. The van der Waals surface area contributed by atoms with E-state index in [2.05, 4.69) is 4.72 Å². The summed E-state index contributed by atoms with van der Waals surface area (Å²) >= 11 is 0. The van der Waals surface area contributed by atoms with Crippen molar-refractivity contribution in [3.63, 3.8) is 0 Å². The number of carbonyl (C=O) groups is 1. The summed E-state index contributed by atoms with van der Waals surface area (Å²) < 4.78 is 31.5.